The monoisotopic (exact) mass is 241 g/mol. The van der Waals surface area contributed by atoms with Crippen LogP contribution in [0.4, 0.5) is 0 Å². The maximum atomic E-state index is 11.5. The summed E-state index contributed by atoms with van der Waals surface area (Å²) in [6.07, 6.45) is 7.27. The minimum Gasteiger partial charge on any atom is -0.468 e. The van der Waals surface area contributed by atoms with Gasteiger partial charge in [0, 0.05) is 13.1 Å². The summed E-state index contributed by atoms with van der Waals surface area (Å²) < 4.78 is 4.77. The molecule has 1 heterocycles. The van der Waals surface area contributed by atoms with Crippen LogP contribution in [-0.2, 0) is 9.53 Å². The Balaban J connectivity index is 1.89. The molecule has 0 bridgehead atoms. The Morgan fingerprint density at radius 3 is 2.47 bits per heavy atom. The molecule has 1 unspecified atom stereocenters. The standard InChI is InChI=1S/C13H23NO3/c1-17-12(15)11-6-9-14(11)10-13(16)7-4-2-3-5-8-13/h11,16H,2-10H2,1H3. The van der Waals surface area contributed by atoms with E-state index in [1.165, 1.54) is 20.0 Å². The summed E-state index contributed by atoms with van der Waals surface area (Å²) in [5.74, 6) is -0.159. The molecular formula is C13H23NO3. The summed E-state index contributed by atoms with van der Waals surface area (Å²) in [6.45, 7) is 1.54. The SMILES string of the molecule is COC(=O)C1CCN1CC1(O)CCCCCC1. The number of aliphatic hydroxyl groups is 1. The molecule has 0 aromatic carbocycles. The average Bonchev–Trinajstić information content (AvgIpc) is 2.50. The zero-order valence-electron chi connectivity index (χ0n) is 10.7. The predicted octanol–water partition coefficient (Wildman–Crippen LogP) is 1.32. The van der Waals surface area contributed by atoms with Gasteiger partial charge in [0.15, 0.2) is 0 Å². The van der Waals surface area contributed by atoms with Crippen molar-refractivity contribution in [2.45, 2.75) is 56.6 Å². The molecule has 2 aliphatic rings. The van der Waals surface area contributed by atoms with Crippen LogP contribution < -0.4 is 0 Å². The third-order valence-corrected chi connectivity index (χ3v) is 4.14. The normalized spacial score (nSPS) is 29.2. The van der Waals surface area contributed by atoms with Crippen LogP contribution in [0.15, 0.2) is 0 Å². The summed E-state index contributed by atoms with van der Waals surface area (Å²) in [5, 5.41) is 10.6. The molecule has 98 valence electrons. The number of carbonyl (C=O) groups excluding carboxylic acids is 1. The Hall–Kier alpha value is -0.610. The number of nitrogens with zero attached hydrogens (tertiary/aromatic N) is 1. The number of likely N-dealkylation sites (tertiary alicyclic amines) is 1. The molecule has 0 aromatic heterocycles. The molecule has 0 aromatic rings. The van der Waals surface area contributed by atoms with Crippen LogP contribution in [0.1, 0.15) is 44.9 Å². The van der Waals surface area contributed by atoms with Crippen LogP contribution in [0.5, 0.6) is 0 Å². The smallest absolute Gasteiger partial charge is 0.323 e. The molecule has 1 N–H and O–H groups in total. The molecule has 1 aliphatic carbocycles. The number of hydrogen-bond donors (Lipinski definition) is 1. The molecule has 1 saturated heterocycles. The summed E-state index contributed by atoms with van der Waals surface area (Å²) >= 11 is 0. The van der Waals surface area contributed by atoms with Gasteiger partial charge in [0.2, 0.25) is 0 Å². The molecule has 1 saturated carbocycles. The van der Waals surface area contributed by atoms with Gasteiger partial charge in [-0.3, -0.25) is 9.69 Å². The maximum absolute atomic E-state index is 11.5. The van der Waals surface area contributed by atoms with Gasteiger partial charge in [0.1, 0.15) is 6.04 Å². The van der Waals surface area contributed by atoms with Crippen molar-refractivity contribution in [1.29, 1.82) is 0 Å². The Morgan fingerprint density at radius 2 is 2.00 bits per heavy atom. The first-order chi connectivity index (χ1) is 8.14. The van der Waals surface area contributed by atoms with E-state index < -0.39 is 5.60 Å². The van der Waals surface area contributed by atoms with Crippen molar-refractivity contribution in [3.05, 3.63) is 0 Å². The molecule has 1 aliphatic heterocycles. The lowest BCUT2D eigenvalue weighted by atomic mass is 9.90. The van der Waals surface area contributed by atoms with Crippen molar-refractivity contribution in [3.63, 3.8) is 0 Å². The summed E-state index contributed by atoms with van der Waals surface area (Å²) in [5.41, 5.74) is -0.580. The lowest BCUT2D eigenvalue weighted by Crippen LogP contribution is -2.58. The second-order valence-corrected chi connectivity index (χ2v) is 5.44. The lowest BCUT2D eigenvalue weighted by Gasteiger charge is -2.43. The Kier molecular flexibility index (Phi) is 4.05. The molecule has 4 nitrogen and oxygen atoms in total. The van der Waals surface area contributed by atoms with Crippen LogP contribution in [0.2, 0.25) is 0 Å². The van der Waals surface area contributed by atoms with Gasteiger partial charge in [-0.1, -0.05) is 25.7 Å². The van der Waals surface area contributed by atoms with Gasteiger partial charge in [-0.25, -0.2) is 0 Å². The number of carbonyl (C=O) groups is 1. The second kappa shape index (κ2) is 5.36. The van der Waals surface area contributed by atoms with Gasteiger partial charge < -0.3 is 9.84 Å². The van der Waals surface area contributed by atoms with E-state index in [0.29, 0.717) is 6.54 Å². The fourth-order valence-electron chi connectivity index (χ4n) is 2.96. The Morgan fingerprint density at radius 1 is 1.35 bits per heavy atom. The number of ether oxygens (including phenoxy) is 1. The van der Waals surface area contributed by atoms with Gasteiger partial charge in [0.05, 0.1) is 12.7 Å². The molecule has 0 amide bonds. The van der Waals surface area contributed by atoms with Gasteiger partial charge in [-0.15, -0.1) is 0 Å². The number of rotatable bonds is 3. The second-order valence-electron chi connectivity index (χ2n) is 5.44. The third kappa shape index (κ3) is 2.99. The lowest BCUT2D eigenvalue weighted by molar-refractivity contribution is -0.154. The van der Waals surface area contributed by atoms with Crippen molar-refractivity contribution < 1.29 is 14.6 Å². The molecular weight excluding hydrogens is 218 g/mol. The van der Waals surface area contributed by atoms with Gasteiger partial charge in [-0.2, -0.15) is 0 Å². The van der Waals surface area contributed by atoms with Crippen molar-refractivity contribution in [2.24, 2.45) is 0 Å². The molecule has 2 fully saturated rings. The summed E-state index contributed by atoms with van der Waals surface area (Å²) in [7, 11) is 1.43. The topological polar surface area (TPSA) is 49.8 Å². The first-order valence-corrected chi connectivity index (χ1v) is 6.69. The van der Waals surface area contributed by atoms with Gasteiger partial charge >= 0.3 is 5.97 Å². The van der Waals surface area contributed by atoms with Crippen molar-refractivity contribution >= 4 is 5.97 Å². The molecule has 2 rings (SSSR count). The predicted molar refractivity (Wildman–Crippen MR) is 64.6 cm³/mol. The first kappa shape index (κ1) is 12.8. The fraction of sp³-hybridized carbons (Fsp3) is 0.923. The first-order valence-electron chi connectivity index (χ1n) is 6.69. The van der Waals surface area contributed by atoms with Crippen LogP contribution in [0.25, 0.3) is 0 Å². The molecule has 0 radical (unpaired) electrons. The van der Waals surface area contributed by atoms with Crippen LogP contribution >= 0.6 is 0 Å². The summed E-state index contributed by atoms with van der Waals surface area (Å²) in [4.78, 5) is 13.5. The van der Waals surface area contributed by atoms with Crippen molar-refractivity contribution in [1.82, 2.24) is 4.90 Å². The largest absolute Gasteiger partial charge is 0.468 e. The highest BCUT2D eigenvalue weighted by atomic mass is 16.5. The highest BCUT2D eigenvalue weighted by Crippen LogP contribution is 2.31. The number of esters is 1. The zero-order valence-corrected chi connectivity index (χ0v) is 10.7. The number of hydrogen-bond acceptors (Lipinski definition) is 4. The maximum Gasteiger partial charge on any atom is 0.323 e. The van der Waals surface area contributed by atoms with E-state index in [0.717, 1.165) is 38.6 Å². The van der Waals surface area contributed by atoms with Crippen LogP contribution in [-0.4, -0.2) is 47.8 Å². The van der Waals surface area contributed by atoms with Crippen molar-refractivity contribution in [2.75, 3.05) is 20.2 Å². The van der Waals surface area contributed by atoms with E-state index in [4.69, 9.17) is 4.74 Å². The molecule has 1 atom stereocenters. The average molecular weight is 241 g/mol. The highest BCUT2D eigenvalue weighted by Gasteiger charge is 2.40. The minimum absolute atomic E-state index is 0.118. The fourth-order valence-corrected chi connectivity index (χ4v) is 2.96. The minimum atomic E-state index is -0.580. The molecule has 0 spiro atoms. The van der Waals surface area contributed by atoms with E-state index in [9.17, 15) is 9.90 Å². The number of β-amino-alcohol motifs (C(OH)–C–C–N with tert-alkyl or cyclic N) is 1. The van der Waals surface area contributed by atoms with Crippen LogP contribution in [0, 0.1) is 0 Å². The van der Waals surface area contributed by atoms with Crippen molar-refractivity contribution in [3.8, 4) is 0 Å². The zero-order chi connectivity index (χ0) is 12.3. The van der Waals surface area contributed by atoms with Gasteiger partial charge in [-0.05, 0) is 19.3 Å². The quantitative estimate of drug-likeness (QED) is 0.598. The van der Waals surface area contributed by atoms with Crippen LogP contribution in [0.3, 0.4) is 0 Å². The molecule has 17 heavy (non-hydrogen) atoms. The van der Waals surface area contributed by atoms with E-state index in [1.807, 2.05) is 0 Å². The van der Waals surface area contributed by atoms with E-state index >= 15 is 0 Å². The van der Waals surface area contributed by atoms with Gasteiger partial charge in [0.25, 0.3) is 0 Å². The highest BCUT2D eigenvalue weighted by molar-refractivity contribution is 5.76. The van der Waals surface area contributed by atoms with E-state index in [-0.39, 0.29) is 12.0 Å². The Bertz CT molecular complexity index is 272. The number of methoxy groups -OCH3 is 1. The van der Waals surface area contributed by atoms with E-state index in [2.05, 4.69) is 4.90 Å². The van der Waals surface area contributed by atoms with E-state index in [1.54, 1.807) is 0 Å². The third-order valence-electron chi connectivity index (χ3n) is 4.14. The Labute approximate surface area is 103 Å². The summed E-state index contributed by atoms with van der Waals surface area (Å²) in [6, 6.07) is -0.118. The molecule has 4 heteroatoms.